The Balaban J connectivity index is 2.64. The molecule has 0 unspecified atom stereocenters. The van der Waals surface area contributed by atoms with Crippen molar-refractivity contribution in [3.05, 3.63) is 47.5 Å². The van der Waals surface area contributed by atoms with E-state index in [2.05, 4.69) is 0 Å². The van der Waals surface area contributed by atoms with Gasteiger partial charge in [0.2, 0.25) is 0 Å². The van der Waals surface area contributed by atoms with E-state index in [1.165, 1.54) is 13.2 Å². The van der Waals surface area contributed by atoms with Gasteiger partial charge in [0, 0.05) is 16.9 Å². The lowest BCUT2D eigenvalue weighted by Gasteiger charge is -2.13. The summed E-state index contributed by atoms with van der Waals surface area (Å²) >= 11 is 0. The molecule has 0 aliphatic rings. The summed E-state index contributed by atoms with van der Waals surface area (Å²) in [5.74, 6) is -0.474. The number of nitrogen functional groups attached to an aromatic ring is 2. The normalized spacial score (nSPS) is 10.3. The van der Waals surface area contributed by atoms with Crippen LogP contribution in [0.2, 0.25) is 0 Å². The van der Waals surface area contributed by atoms with Gasteiger partial charge in [0.05, 0.1) is 19.3 Å². The van der Waals surface area contributed by atoms with Crippen molar-refractivity contribution in [1.82, 2.24) is 0 Å². The van der Waals surface area contributed by atoms with Gasteiger partial charge in [0.25, 0.3) is 0 Å². The van der Waals surface area contributed by atoms with Crippen molar-refractivity contribution >= 4 is 17.3 Å². The maximum Gasteiger partial charge on any atom is 0.337 e. The maximum absolute atomic E-state index is 11.6. The summed E-state index contributed by atoms with van der Waals surface area (Å²) < 4.78 is 4.69. The van der Waals surface area contributed by atoms with Gasteiger partial charge >= 0.3 is 5.97 Å². The predicted molar refractivity (Wildman–Crippen MR) is 78.0 cm³/mol. The Morgan fingerprint density at radius 2 is 2.00 bits per heavy atom. The fourth-order valence-corrected chi connectivity index (χ4v) is 2.14. The highest BCUT2D eigenvalue weighted by Gasteiger charge is 2.13. The van der Waals surface area contributed by atoms with Crippen LogP contribution in [0.1, 0.15) is 15.9 Å². The Kier molecular flexibility index (Phi) is 3.91. The molecule has 2 rings (SSSR count). The van der Waals surface area contributed by atoms with Crippen molar-refractivity contribution < 1.29 is 14.6 Å². The summed E-state index contributed by atoms with van der Waals surface area (Å²) in [6.45, 7) is -0.150. The number of rotatable bonds is 3. The largest absolute Gasteiger partial charge is 0.465 e. The van der Waals surface area contributed by atoms with E-state index in [1.807, 2.05) is 0 Å². The number of carbonyl (C=O) groups excluding carboxylic acids is 1. The highest BCUT2D eigenvalue weighted by molar-refractivity contribution is 5.93. The third-order valence-corrected chi connectivity index (χ3v) is 3.02. The number of nitrogens with two attached hydrogens (primary N) is 2. The van der Waals surface area contributed by atoms with E-state index in [1.54, 1.807) is 30.3 Å². The first-order valence-electron chi connectivity index (χ1n) is 6.04. The molecule has 0 bridgehead atoms. The average molecular weight is 272 g/mol. The summed E-state index contributed by atoms with van der Waals surface area (Å²) in [7, 11) is 1.31. The minimum Gasteiger partial charge on any atom is -0.465 e. The van der Waals surface area contributed by atoms with Crippen molar-refractivity contribution in [2.24, 2.45) is 0 Å². The molecule has 0 heterocycles. The van der Waals surface area contributed by atoms with Crippen LogP contribution in [0.5, 0.6) is 0 Å². The molecule has 0 spiro atoms. The fraction of sp³-hybridized carbons (Fsp3) is 0.133. The molecule has 0 aromatic heterocycles. The molecule has 0 saturated heterocycles. The SMILES string of the molecule is COC(=O)c1cc(N)cc(-c2c(N)cccc2CO)c1. The molecule has 5 nitrogen and oxygen atoms in total. The molecular formula is C15H16N2O3. The van der Waals surface area contributed by atoms with Gasteiger partial charge in [-0.25, -0.2) is 4.79 Å². The van der Waals surface area contributed by atoms with E-state index >= 15 is 0 Å². The molecule has 5 heteroatoms. The Hall–Kier alpha value is -2.53. The van der Waals surface area contributed by atoms with Gasteiger partial charge in [-0.15, -0.1) is 0 Å². The van der Waals surface area contributed by atoms with Crippen LogP contribution in [0.3, 0.4) is 0 Å². The lowest BCUT2D eigenvalue weighted by atomic mass is 9.96. The van der Waals surface area contributed by atoms with Crippen molar-refractivity contribution in [1.29, 1.82) is 0 Å². The molecule has 0 amide bonds. The Labute approximate surface area is 116 Å². The van der Waals surface area contributed by atoms with Crippen LogP contribution < -0.4 is 11.5 Å². The van der Waals surface area contributed by atoms with Crippen molar-refractivity contribution in [3.63, 3.8) is 0 Å². The van der Waals surface area contributed by atoms with E-state index in [0.29, 0.717) is 33.6 Å². The molecule has 20 heavy (non-hydrogen) atoms. The standard InChI is InChI=1S/C15H16N2O3/c1-20-15(19)11-5-10(6-12(16)7-11)14-9(8-18)3-2-4-13(14)17/h2-7,18H,8,16-17H2,1H3. The molecule has 2 aromatic carbocycles. The number of benzene rings is 2. The second-order valence-corrected chi connectivity index (χ2v) is 4.37. The molecule has 104 valence electrons. The van der Waals surface area contributed by atoms with E-state index in [9.17, 15) is 9.90 Å². The smallest absolute Gasteiger partial charge is 0.337 e. The summed E-state index contributed by atoms with van der Waals surface area (Å²) in [4.78, 5) is 11.6. The lowest BCUT2D eigenvalue weighted by molar-refractivity contribution is 0.0601. The Morgan fingerprint density at radius 3 is 2.65 bits per heavy atom. The van der Waals surface area contributed by atoms with Crippen LogP contribution in [0.25, 0.3) is 11.1 Å². The first-order valence-corrected chi connectivity index (χ1v) is 6.04. The zero-order chi connectivity index (χ0) is 14.7. The van der Waals surface area contributed by atoms with Crippen LogP contribution in [-0.4, -0.2) is 18.2 Å². The molecule has 2 aromatic rings. The zero-order valence-electron chi connectivity index (χ0n) is 11.1. The maximum atomic E-state index is 11.6. The summed E-state index contributed by atoms with van der Waals surface area (Å²) in [6.07, 6.45) is 0. The van der Waals surface area contributed by atoms with Gasteiger partial charge in [-0.2, -0.15) is 0 Å². The fourth-order valence-electron chi connectivity index (χ4n) is 2.14. The van der Waals surface area contributed by atoms with Crippen LogP contribution in [0, 0.1) is 0 Å². The molecule has 0 fully saturated rings. The van der Waals surface area contributed by atoms with Gasteiger partial charge in [-0.3, -0.25) is 0 Å². The van der Waals surface area contributed by atoms with Crippen LogP contribution in [0.4, 0.5) is 11.4 Å². The molecule has 0 atom stereocenters. The quantitative estimate of drug-likeness (QED) is 0.584. The average Bonchev–Trinajstić information content (AvgIpc) is 2.45. The highest BCUT2D eigenvalue weighted by atomic mass is 16.5. The Morgan fingerprint density at radius 1 is 1.25 bits per heavy atom. The molecule has 0 aliphatic heterocycles. The van der Waals surface area contributed by atoms with E-state index in [-0.39, 0.29) is 6.61 Å². The summed E-state index contributed by atoms with van der Waals surface area (Å²) in [5.41, 5.74) is 15.1. The number of esters is 1. The number of carbonyl (C=O) groups is 1. The molecule has 5 N–H and O–H groups in total. The number of methoxy groups -OCH3 is 1. The topological polar surface area (TPSA) is 98.6 Å². The van der Waals surface area contributed by atoms with Crippen molar-refractivity contribution in [3.8, 4) is 11.1 Å². The van der Waals surface area contributed by atoms with Crippen LogP contribution in [0.15, 0.2) is 36.4 Å². The van der Waals surface area contributed by atoms with E-state index in [4.69, 9.17) is 16.2 Å². The molecular weight excluding hydrogens is 256 g/mol. The first-order chi connectivity index (χ1) is 9.56. The van der Waals surface area contributed by atoms with Crippen molar-refractivity contribution in [2.75, 3.05) is 18.6 Å². The number of aliphatic hydroxyl groups is 1. The molecule has 0 radical (unpaired) electrons. The number of anilines is 2. The number of aliphatic hydroxyl groups excluding tert-OH is 1. The highest BCUT2D eigenvalue weighted by Crippen LogP contribution is 2.32. The first kappa shape index (κ1) is 13.9. The minimum atomic E-state index is -0.474. The van der Waals surface area contributed by atoms with Crippen LogP contribution in [-0.2, 0) is 11.3 Å². The van der Waals surface area contributed by atoms with Gasteiger partial charge < -0.3 is 21.3 Å². The zero-order valence-corrected chi connectivity index (χ0v) is 11.1. The van der Waals surface area contributed by atoms with E-state index in [0.717, 1.165) is 0 Å². The molecule has 0 saturated carbocycles. The third-order valence-electron chi connectivity index (χ3n) is 3.02. The molecule has 0 aliphatic carbocycles. The van der Waals surface area contributed by atoms with Gasteiger partial charge in [-0.05, 0) is 35.4 Å². The number of hydrogen-bond acceptors (Lipinski definition) is 5. The number of hydrogen-bond donors (Lipinski definition) is 3. The third kappa shape index (κ3) is 2.57. The summed E-state index contributed by atoms with van der Waals surface area (Å²) in [5, 5.41) is 9.42. The Bertz CT molecular complexity index is 654. The van der Waals surface area contributed by atoms with Crippen LogP contribution >= 0.6 is 0 Å². The van der Waals surface area contributed by atoms with E-state index < -0.39 is 5.97 Å². The van der Waals surface area contributed by atoms with Gasteiger partial charge in [-0.1, -0.05) is 12.1 Å². The van der Waals surface area contributed by atoms with Gasteiger partial charge in [0.15, 0.2) is 0 Å². The second-order valence-electron chi connectivity index (χ2n) is 4.37. The second kappa shape index (κ2) is 5.63. The van der Waals surface area contributed by atoms with Gasteiger partial charge in [0.1, 0.15) is 0 Å². The monoisotopic (exact) mass is 272 g/mol. The lowest BCUT2D eigenvalue weighted by Crippen LogP contribution is -2.04. The number of ether oxygens (including phenoxy) is 1. The predicted octanol–water partition coefficient (Wildman–Crippen LogP) is 1.80. The minimum absolute atomic E-state index is 0.150. The van der Waals surface area contributed by atoms with Crippen molar-refractivity contribution in [2.45, 2.75) is 6.61 Å². The summed E-state index contributed by atoms with van der Waals surface area (Å²) in [6, 6.07) is 10.2.